The molecule has 27 heavy (non-hydrogen) atoms. The first-order valence-corrected chi connectivity index (χ1v) is 10.4. The molecule has 1 aliphatic heterocycles. The molecule has 2 aliphatic rings. The fraction of sp³-hybridized carbons (Fsp3) is 0.435. The third-order valence-corrected chi connectivity index (χ3v) is 6.00. The smallest absolute Gasteiger partial charge is 0.161 e. The van der Waals surface area contributed by atoms with Gasteiger partial charge in [0.1, 0.15) is 0 Å². The van der Waals surface area contributed by atoms with Gasteiger partial charge in [-0.05, 0) is 43.0 Å². The van der Waals surface area contributed by atoms with Crippen molar-refractivity contribution >= 4 is 17.3 Å². The number of aliphatic imine (C=N–C) groups is 1. The number of fused-ring (bicyclic) bond motifs is 3. The van der Waals surface area contributed by atoms with Gasteiger partial charge in [-0.25, -0.2) is 0 Å². The Kier molecular flexibility index (Phi) is 5.40. The van der Waals surface area contributed by atoms with Gasteiger partial charge in [-0.1, -0.05) is 37.1 Å². The Morgan fingerprint density at radius 3 is 2.56 bits per heavy atom. The van der Waals surface area contributed by atoms with Gasteiger partial charge in [-0.2, -0.15) is 0 Å². The lowest BCUT2D eigenvalue weighted by Crippen LogP contribution is -2.29. The second-order valence-electron chi connectivity index (χ2n) is 7.29. The van der Waals surface area contributed by atoms with Crippen LogP contribution in [0.25, 0.3) is 0 Å². The minimum atomic E-state index is 0.358. The van der Waals surface area contributed by atoms with Gasteiger partial charge in [-0.3, -0.25) is 4.99 Å². The maximum Gasteiger partial charge on any atom is 0.161 e. The van der Waals surface area contributed by atoms with E-state index < -0.39 is 0 Å². The molecule has 0 radical (unpaired) electrons. The van der Waals surface area contributed by atoms with E-state index in [4.69, 9.17) is 26.1 Å². The van der Waals surface area contributed by atoms with Crippen molar-refractivity contribution in [2.45, 2.75) is 50.4 Å². The van der Waals surface area contributed by atoms with Gasteiger partial charge in [0.05, 0.1) is 25.5 Å². The molecule has 4 heteroatoms. The zero-order chi connectivity index (χ0) is 18.8. The van der Waals surface area contributed by atoms with Gasteiger partial charge in [0, 0.05) is 22.9 Å². The Bertz CT molecular complexity index is 844. The summed E-state index contributed by atoms with van der Waals surface area (Å²) in [6.07, 6.45) is 4.87. The average Bonchev–Trinajstić information content (AvgIpc) is 2.73. The third-order valence-electron chi connectivity index (χ3n) is 5.70. The summed E-state index contributed by atoms with van der Waals surface area (Å²) in [5.41, 5.74) is 5.86. The van der Waals surface area contributed by atoms with Gasteiger partial charge in [0.2, 0.25) is 0 Å². The molecule has 142 valence electrons. The summed E-state index contributed by atoms with van der Waals surface area (Å²) in [6, 6.07) is 13.1. The molecule has 0 N–H and O–H groups in total. The number of ether oxygens (including phenoxy) is 2. The maximum absolute atomic E-state index is 5.96. The van der Waals surface area contributed by atoms with Crippen LogP contribution in [-0.2, 0) is 5.88 Å². The van der Waals surface area contributed by atoms with Crippen molar-refractivity contribution in [1.29, 1.82) is 0 Å². The van der Waals surface area contributed by atoms with E-state index in [-0.39, 0.29) is 0 Å². The summed E-state index contributed by atoms with van der Waals surface area (Å²) in [6.45, 7) is 2.64. The van der Waals surface area contributed by atoms with Crippen LogP contribution in [0, 0.1) is 0 Å². The van der Waals surface area contributed by atoms with Crippen LogP contribution in [0.2, 0.25) is 0 Å². The number of methoxy groups -OCH3 is 1. The van der Waals surface area contributed by atoms with Crippen molar-refractivity contribution in [3.63, 3.8) is 0 Å². The van der Waals surface area contributed by atoms with Crippen molar-refractivity contribution < 1.29 is 9.47 Å². The van der Waals surface area contributed by atoms with E-state index in [1.165, 1.54) is 30.4 Å². The normalized spacial score (nSPS) is 21.1. The van der Waals surface area contributed by atoms with E-state index in [0.717, 1.165) is 34.8 Å². The topological polar surface area (TPSA) is 30.8 Å². The molecular formula is C23H26ClNO2. The highest BCUT2D eigenvalue weighted by atomic mass is 35.5. The SMILES string of the molecule is CCOc1cc2c(cc1OC)C(c1ccc(CCl)cc1)=N[C@@H]1CCCC[C@H]21. The van der Waals surface area contributed by atoms with Gasteiger partial charge in [-0.15, -0.1) is 11.6 Å². The first kappa shape index (κ1) is 18.4. The van der Waals surface area contributed by atoms with E-state index in [9.17, 15) is 0 Å². The van der Waals surface area contributed by atoms with Crippen LogP contribution >= 0.6 is 11.6 Å². The molecule has 0 aromatic heterocycles. The van der Waals surface area contributed by atoms with E-state index in [0.29, 0.717) is 24.4 Å². The van der Waals surface area contributed by atoms with E-state index in [1.807, 2.05) is 6.92 Å². The van der Waals surface area contributed by atoms with Crippen LogP contribution in [0.5, 0.6) is 11.5 Å². The monoisotopic (exact) mass is 383 g/mol. The summed E-state index contributed by atoms with van der Waals surface area (Å²) < 4.78 is 11.5. The number of nitrogens with zero attached hydrogens (tertiary/aromatic N) is 1. The van der Waals surface area contributed by atoms with E-state index in [2.05, 4.69) is 36.4 Å². The fourth-order valence-electron chi connectivity index (χ4n) is 4.36. The Morgan fingerprint density at radius 1 is 1.07 bits per heavy atom. The van der Waals surface area contributed by atoms with Crippen molar-refractivity contribution in [1.82, 2.24) is 0 Å². The molecule has 0 saturated heterocycles. The van der Waals surface area contributed by atoms with Crippen molar-refractivity contribution in [3.8, 4) is 11.5 Å². The van der Waals surface area contributed by atoms with E-state index in [1.54, 1.807) is 7.11 Å². The number of hydrogen-bond acceptors (Lipinski definition) is 3. The highest BCUT2D eigenvalue weighted by Gasteiger charge is 2.34. The molecule has 0 bridgehead atoms. The molecule has 0 spiro atoms. The van der Waals surface area contributed by atoms with Crippen LogP contribution in [0.1, 0.15) is 60.8 Å². The zero-order valence-electron chi connectivity index (χ0n) is 16.0. The molecule has 1 fully saturated rings. The molecule has 1 heterocycles. The lowest BCUT2D eigenvalue weighted by atomic mass is 9.75. The summed E-state index contributed by atoms with van der Waals surface area (Å²) in [4.78, 5) is 5.21. The summed E-state index contributed by atoms with van der Waals surface area (Å²) in [5, 5.41) is 0. The minimum Gasteiger partial charge on any atom is -0.493 e. The molecule has 2 atom stereocenters. The van der Waals surface area contributed by atoms with Gasteiger partial charge in [0.25, 0.3) is 0 Å². The highest BCUT2D eigenvalue weighted by molar-refractivity contribution is 6.17. The molecule has 1 aliphatic carbocycles. The van der Waals surface area contributed by atoms with Crippen molar-refractivity contribution in [2.24, 2.45) is 4.99 Å². The standard InChI is InChI=1S/C23H26ClNO2/c1-3-27-22-12-18-17-6-4-5-7-20(17)25-23(19(18)13-21(22)26-2)16-10-8-15(14-24)9-11-16/h8-13,17,20H,3-7,14H2,1-2H3/t17-,20-/m1/s1. The number of alkyl halides is 1. The third kappa shape index (κ3) is 3.45. The number of halogens is 1. The van der Waals surface area contributed by atoms with Crippen LogP contribution in [0.4, 0.5) is 0 Å². The number of rotatable bonds is 5. The molecule has 0 amide bonds. The number of benzene rings is 2. The molecule has 3 nitrogen and oxygen atoms in total. The first-order chi connectivity index (χ1) is 13.2. The van der Waals surface area contributed by atoms with E-state index >= 15 is 0 Å². The van der Waals surface area contributed by atoms with Crippen molar-refractivity contribution in [2.75, 3.05) is 13.7 Å². The molecule has 4 rings (SSSR count). The molecule has 2 aromatic rings. The maximum atomic E-state index is 5.96. The Labute approximate surface area is 166 Å². The molecule has 0 unspecified atom stereocenters. The van der Waals surface area contributed by atoms with Crippen LogP contribution in [-0.4, -0.2) is 25.5 Å². The average molecular weight is 384 g/mol. The molecule has 1 saturated carbocycles. The Balaban J connectivity index is 1.85. The zero-order valence-corrected chi connectivity index (χ0v) is 16.8. The van der Waals surface area contributed by atoms with Crippen LogP contribution < -0.4 is 9.47 Å². The Morgan fingerprint density at radius 2 is 1.85 bits per heavy atom. The quantitative estimate of drug-likeness (QED) is 0.619. The summed E-state index contributed by atoms with van der Waals surface area (Å²) in [7, 11) is 1.70. The van der Waals surface area contributed by atoms with Gasteiger partial charge >= 0.3 is 0 Å². The largest absolute Gasteiger partial charge is 0.493 e. The highest BCUT2D eigenvalue weighted by Crippen LogP contribution is 2.44. The fourth-order valence-corrected chi connectivity index (χ4v) is 4.54. The van der Waals surface area contributed by atoms with Crippen LogP contribution in [0.15, 0.2) is 41.4 Å². The number of hydrogen-bond donors (Lipinski definition) is 0. The predicted octanol–water partition coefficient (Wildman–Crippen LogP) is 5.71. The lowest BCUT2D eigenvalue weighted by molar-refractivity contribution is 0.308. The lowest BCUT2D eigenvalue weighted by Gasteiger charge is -2.36. The van der Waals surface area contributed by atoms with Gasteiger partial charge in [0.15, 0.2) is 11.5 Å². The van der Waals surface area contributed by atoms with Crippen LogP contribution in [0.3, 0.4) is 0 Å². The molecule has 2 aromatic carbocycles. The summed E-state index contributed by atoms with van der Waals surface area (Å²) in [5.74, 6) is 2.61. The van der Waals surface area contributed by atoms with Gasteiger partial charge < -0.3 is 9.47 Å². The minimum absolute atomic E-state index is 0.358. The summed E-state index contributed by atoms with van der Waals surface area (Å²) >= 11 is 5.96. The molecular weight excluding hydrogens is 358 g/mol. The second-order valence-corrected chi connectivity index (χ2v) is 7.56. The predicted molar refractivity (Wildman–Crippen MR) is 111 cm³/mol. The Hall–Kier alpha value is -2.00. The first-order valence-electron chi connectivity index (χ1n) is 9.83. The van der Waals surface area contributed by atoms with Crippen molar-refractivity contribution in [3.05, 3.63) is 58.7 Å². The second kappa shape index (κ2) is 7.93.